The first-order valence-electron chi connectivity index (χ1n) is 11.0. The first kappa shape index (κ1) is 20.3. The number of halogens is 1. The number of benzene rings is 2. The Balaban J connectivity index is 1.37. The number of nitrogens with zero attached hydrogens (tertiary/aromatic N) is 3. The molecule has 31 heavy (non-hydrogen) atoms. The van der Waals surface area contributed by atoms with E-state index < -0.39 is 0 Å². The molecule has 1 saturated heterocycles. The molecule has 3 aliphatic rings. The predicted molar refractivity (Wildman–Crippen MR) is 125 cm³/mol. The van der Waals surface area contributed by atoms with Gasteiger partial charge in [-0.3, -0.25) is 9.69 Å². The van der Waals surface area contributed by atoms with Crippen molar-refractivity contribution in [3.63, 3.8) is 0 Å². The molecule has 0 spiro atoms. The van der Waals surface area contributed by atoms with Crippen molar-refractivity contribution >= 4 is 40.5 Å². The van der Waals surface area contributed by atoms with Crippen LogP contribution in [0.2, 0.25) is 5.02 Å². The average Bonchev–Trinajstić information content (AvgIpc) is 3.17. The number of Topliss-reactive ketones (excluding diaryl/α,β-unsaturated/α-hetero) is 1. The van der Waals surface area contributed by atoms with Crippen LogP contribution in [-0.2, 0) is 12.8 Å². The highest BCUT2D eigenvalue weighted by Gasteiger charge is 2.28. The summed E-state index contributed by atoms with van der Waals surface area (Å²) in [6, 6.07) is 9.58. The lowest BCUT2D eigenvalue weighted by Gasteiger charge is -2.35. The van der Waals surface area contributed by atoms with E-state index in [4.69, 9.17) is 11.6 Å². The largest absolute Gasteiger partial charge is 0.368 e. The predicted octanol–water partition coefficient (Wildman–Crippen LogP) is 4.21. The molecule has 7 heteroatoms. The normalized spacial score (nSPS) is 18.7. The van der Waals surface area contributed by atoms with Crippen LogP contribution in [-0.4, -0.2) is 56.5 Å². The van der Waals surface area contributed by atoms with Crippen LogP contribution in [0.15, 0.2) is 30.3 Å². The van der Waals surface area contributed by atoms with Crippen molar-refractivity contribution in [1.82, 2.24) is 4.90 Å². The molecule has 1 fully saturated rings. The van der Waals surface area contributed by atoms with E-state index in [1.807, 2.05) is 24.3 Å². The van der Waals surface area contributed by atoms with E-state index in [2.05, 4.69) is 28.2 Å². The number of rotatable bonds is 2. The third-order valence-corrected chi connectivity index (χ3v) is 6.95. The van der Waals surface area contributed by atoms with Gasteiger partial charge in [-0.15, -0.1) is 0 Å². The lowest BCUT2D eigenvalue weighted by molar-refractivity contribution is 0.0972. The Hall–Kier alpha value is -2.57. The van der Waals surface area contributed by atoms with E-state index in [9.17, 15) is 9.59 Å². The van der Waals surface area contributed by atoms with Gasteiger partial charge in [-0.25, -0.2) is 4.79 Å². The molecule has 1 N–H and O–H groups in total. The monoisotopic (exact) mass is 438 g/mol. The van der Waals surface area contributed by atoms with Crippen LogP contribution in [0.1, 0.15) is 34.3 Å². The maximum Gasteiger partial charge on any atom is 0.326 e. The van der Waals surface area contributed by atoms with Gasteiger partial charge in [0.1, 0.15) is 0 Å². The summed E-state index contributed by atoms with van der Waals surface area (Å²) in [5, 5.41) is 3.75. The highest BCUT2D eigenvalue weighted by molar-refractivity contribution is 6.33. The van der Waals surface area contributed by atoms with Gasteiger partial charge < -0.3 is 15.1 Å². The van der Waals surface area contributed by atoms with E-state index in [0.717, 1.165) is 78.5 Å². The summed E-state index contributed by atoms with van der Waals surface area (Å²) in [4.78, 5) is 31.7. The Kier molecular flexibility index (Phi) is 5.36. The number of nitrogens with one attached hydrogen (secondary N) is 1. The first-order valence-corrected chi connectivity index (χ1v) is 11.4. The maximum absolute atomic E-state index is 13.1. The first-order chi connectivity index (χ1) is 15.0. The molecule has 2 aromatic carbocycles. The standard InChI is InChI=1S/C24H27ClN4O2/c1-27-9-11-28(12-10-27)22-15-21-17(13-20(22)25)7-8-29(21)24(31)26-18-6-5-16-3-2-4-23(30)19(16)14-18/h5-6,13-15H,2-4,7-12H2,1H3,(H,26,31). The zero-order valence-corrected chi connectivity index (χ0v) is 18.5. The molecule has 2 heterocycles. The molecular weight excluding hydrogens is 412 g/mol. The van der Waals surface area contributed by atoms with Gasteiger partial charge in [0.15, 0.2) is 5.78 Å². The molecule has 162 valence electrons. The van der Waals surface area contributed by atoms with Gasteiger partial charge in [-0.1, -0.05) is 17.7 Å². The fraction of sp³-hybridized carbons (Fsp3) is 0.417. The summed E-state index contributed by atoms with van der Waals surface area (Å²) in [5.74, 6) is 0.162. The summed E-state index contributed by atoms with van der Waals surface area (Å²) < 4.78 is 0. The molecule has 0 unspecified atom stereocenters. The molecule has 0 atom stereocenters. The van der Waals surface area contributed by atoms with Crippen LogP contribution < -0.4 is 15.1 Å². The maximum atomic E-state index is 13.1. The molecule has 6 nitrogen and oxygen atoms in total. The van der Waals surface area contributed by atoms with Crippen LogP contribution in [0.25, 0.3) is 0 Å². The van der Waals surface area contributed by atoms with Crippen LogP contribution in [0.3, 0.4) is 0 Å². The summed E-state index contributed by atoms with van der Waals surface area (Å²) in [7, 11) is 2.13. The number of anilines is 3. The second-order valence-corrected chi connectivity index (χ2v) is 9.11. The number of piperazine rings is 1. The van der Waals surface area contributed by atoms with E-state index in [0.29, 0.717) is 18.7 Å². The molecule has 2 amide bonds. The van der Waals surface area contributed by atoms with Crippen molar-refractivity contribution in [3.8, 4) is 0 Å². The summed E-state index contributed by atoms with van der Waals surface area (Å²) in [5.41, 5.74) is 5.50. The van der Waals surface area contributed by atoms with E-state index in [1.54, 1.807) is 4.90 Å². The van der Waals surface area contributed by atoms with E-state index in [-0.39, 0.29) is 11.8 Å². The molecule has 2 aromatic rings. The van der Waals surface area contributed by atoms with Gasteiger partial charge in [0.05, 0.1) is 16.4 Å². The van der Waals surface area contributed by atoms with E-state index in [1.165, 1.54) is 0 Å². The van der Waals surface area contributed by atoms with Crippen LogP contribution in [0.4, 0.5) is 21.9 Å². The summed E-state index contributed by atoms with van der Waals surface area (Å²) in [6.45, 7) is 4.45. The Morgan fingerprint density at radius 2 is 1.74 bits per heavy atom. The summed E-state index contributed by atoms with van der Waals surface area (Å²) >= 11 is 6.61. The number of carbonyl (C=O) groups is 2. The highest BCUT2D eigenvalue weighted by atomic mass is 35.5. The molecule has 0 radical (unpaired) electrons. The van der Waals surface area contributed by atoms with Crippen LogP contribution in [0.5, 0.6) is 0 Å². The van der Waals surface area contributed by atoms with Crippen molar-refractivity contribution in [2.75, 3.05) is 54.9 Å². The number of fused-ring (bicyclic) bond motifs is 2. The van der Waals surface area contributed by atoms with Gasteiger partial charge in [-0.2, -0.15) is 0 Å². The zero-order chi connectivity index (χ0) is 21.5. The molecule has 0 bridgehead atoms. The summed E-state index contributed by atoms with van der Waals surface area (Å²) in [6.07, 6.45) is 3.19. The minimum atomic E-state index is -0.173. The number of likely N-dealkylation sites (N-methyl/N-ethyl adjacent to an activating group) is 1. The molecular formula is C24H27ClN4O2. The molecule has 5 rings (SSSR count). The Morgan fingerprint density at radius 3 is 2.55 bits per heavy atom. The van der Waals surface area contributed by atoms with Gasteiger partial charge in [0.2, 0.25) is 0 Å². The lowest BCUT2D eigenvalue weighted by Crippen LogP contribution is -2.44. The smallest absolute Gasteiger partial charge is 0.326 e. The molecule has 1 aliphatic carbocycles. The highest BCUT2D eigenvalue weighted by Crippen LogP contribution is 2.38. The minimum Gasteiger partial charge on any atom is -0.368 e. The number of hydrogen-bond acceptors (Lipinski definition) is 4. The Labute approximate surface area is 187 Å². The molecule has 2 aliphatic heterocycles. The van der Waals surface area contributed by atoms with Gasteiger partial charge >= 0.3 is 6.03 Å². The van der Waals surface area contributed by atoms with Crippen molar-refractivity contribution in [3.05, 3.63) is 52.0 Å². The third kappa shape index (κ3) is 3.90. The second-order valence-electron chi connectivity index (χ2n) is 8.70. The van der Waals surface area contributed by atoms with Gasteiger partial charge in [-0.05, 0) is 61.7 Å². The number of amides is 2. The SMILES string of the molecule is CN1CCN(c2cc3c(cc2Cl)CCN3C(=O)Nc2ccc3c(c2)C(=O)CCC3)CC1. The fourth-order valence-corrected chi connectivity index (χ4v) is 5.10. The second kappa shape index (κ2) is 8.17. The quantitative estimate of drug-likeness (QED) is 0.763. The van der Waals surface area contributed by atoms with Crippen molar-refractivity contribution < 1.29 is 9.59 Å². The zero-order valence-electron chi connectivity index (χ0n) is 17.8. The number of urea groups is 1. The lowest BCUT2D eigenvalue weighted by atomic mass is 9.90. The number of hydrogen-bond donors (Lipinski definition) is 1. The number of carbonyl (C=O) groups excluding carboxylic acids is 2. The average molecular weight is 439 g/mol. The topological polar surface area (TPSA) is 55.9 Å². The number of ketones is 1. The molecule has 0 saturated carbocycles. The molecule has 0 aromatic heterocycles. The fourth-order valence-electron chi connectivity index (χ4n) is 4.79. The van der Waals surface area contributed by atoms with Crippen LogP contribution >= 0.6 is 11.6 Å². The van der Waals surface area contributed by atoms with Gasteiger partial charge in [0.25, 0.3) is 0 Å². The third-order valence-electron chi connectivity index (χ3n) is 6.64. The van der Waals surface area contributed by atoms with Crippen molar-refractivity contribution in [2.45, 2.75) is 25.7 Å². The van der Waals surface area contributed by atoms with E-state index >= 15 is 0 Å². The minimum absolute atomic E-state index is 0.162. The van der Waals surface area contributed by atoms with Crippen molar-refractivity contribution in [2.24, 2.45) is 0 Å². The number of aryl methyl sites for hydroxylation is 1. The Morgan fingerprint density at radius 1 is 0.935 bits per heavy atom. The Bertz CT molecular complexity index is 1050. The van der Waals surface area contributed by atoms with Crippen molar-refractivity contribution in [1.29, 1.82) is 0 Å². The van der Waals surface area contributed by atoms with Crippen LogP contribution in [0, 0.1) is 0 Å². The van der Waals surface area contributed by atoms with Gasteiger partial charge in [0, 0.05) is 50.4 Å².